The van der Waals surface area contributed by atoms with Crippen LogP contribution in [0.5, 0.6) is 0 Å². The van der Waals surface area contributed by atoms with Crippen molar-refractivity contribution in [2.24, 2.45) is 5.92 Å². The van der Waals surface area contributed by atoms with Crippen LogP contribution in [0.25, 0.3) is 0 Å². The molecule has 2 unspecified atom stereocenters. The number of nitrogens with zero attached hydrogens (tertiary/aromatic N) is 1. The number of nitrogens with one attached hydrogen (secondary N) is 1. The standard InChI is InChI=1S/C15H24N2O2S/c1-12(17-9-8-13(11-17)10-16-2)14-4-6-15(7-5-14)20(3,18)19/h4-7,12-13,16H,8-11H2,1-3H3. The normalized spacial score (nSPS) is 22.1. The first-order chi connectivity index (χ1) is 9.41. The van der Waals surface area contributed by atoms with Gasteiger partial charge in [-0.25, -0.2) is 8.42 Å². The third kappa shape index (κ3) is 3.59. The van der Waals surface area contributed by atoms with E-state index in [9.17, 15) is 8.42 Å². The zero-order valence-corrected chi connectivity index (χ0v) is 13.3. The van der Waals surface area contributed by atoms with E-state index < -0.39 is 9.84 Å². The minimum atomic E-state index is -3.10. The monoisotopic (exact) mass is 296 g/mol. The van der Waals surface area contributed by atoms with Gasteiger partial charge in [0.25, 0.3) is 0 Å². The summed E-state index contributed by atoms with van der Waals surface area (Å²) in [7, 11) is -1.11. The molecule has 0 bridgehead atoms. The highest BCUT2D eigenvalue weighted by atomic mass is 32.2. The van der Waals surface area contributed by atoms with Gasteiger partial charge in [0, 0.05) is 18.8 Å². The van der Waals surface area contributed by atoms with Crippen LogP contribution in [0.4, 0.5) is 0 Å². The fourth-order valence-electron chi connectivity index (χ4n) is 2.87. The van der Waals surface area contributed by atoms with Crippen molar-refractivity contribution in [3.05, 3.63) is 29.8 Å². The molecule has 1 aromatic rings. The minimum Gasteiger partial charge on any atom is -0.319 e. The van der Waals surface area contributed by atoms with Gasteiger partial charge in [-0.2, -0.15) is 0 Å². The third-order valence-corrected chi connectivity index (χ3v) is 5.28. The molecule has 1 aromatic carbocycles. The molecule has 112 valence electrons. The molecule has 1 heterocycles. The summed E-state index contributed by atoms with van der Waals surface area (Å²) in [6, 6.07) is 7.63. The molecule has 0 spiro atoms. The van der Waals surface area contributed by atoms with Crippen LogP contribution in [-0.4, -0.2) is 46.3 Å². The van der Waals surface area contributed by atoms with E-state index in [2.05, 4.69) is 17.1 Å². The molecule has 0 radical (unpaired) electrons. The van der Waals surface area contributed by atoms with Crippen LogP contribution in [0.2, 0.25) is 0 Å². The van der Waals surface area contributed by atoms with Gasteiger partial charge in [-0.3, -0.25) is 4.90 Å². The summed E-state index contributed by atoms with van der Waals surface area (Å²) in [4.78, 5) is 2.86. The Balaban J connectivity index is 2.05. The van der Waals surface area contributed by atoms with Gasteiger partial charge in [0.2, 0.25) is 0 Å². The van der Waals surface area contributed by atoms with E-state index >= 15 is 0 Å². The second-order valence-electron chi connectivity index (χ2n) is 5.72. The molecular formula is C15H24N2O2S. The summed E-state index contributed by atoms with van der Waals surface area (Å²) in [6.45, 7) is 5.48. The summed E-state index contributed by atoms with van der Waals surface area (Å²) in [5.41, 5.74) is 1.18. The van der Waals surface area contributed by atoms with Gasteiger partial charge in [-0.15, -0.1) is 0 Å². The molecule has 1 fully saturated rings. The quantitative estimate of drug-likeness (QED) is 0.898. The zero-order chi connectivity index (χ0) is 14.8. The first kappa shape index (κ1) is 15.5. The Bertz CT molecular complexity index is 539. The third-order valence-electron chi connectivity index (χ3n) is 4.15. The average Bonchev–Trinajstić information content (AvgIpc) is 2.86. The summed E-state index contributed by atoms with van der Waals surface area (Å²) in [5, 5.41) is 3.24. The molecule has 20 heavy (non-hydrogen) atoms. The maximum atomic E-state index is 11.5. The highest BCUT2D eigenvalue weighted by molar-refractivity contribution is 7.90. The van der Waals surface area contributed by atoms with Gasteiger partial charge in [0.1, 0.15) is 0 Å². The first-order valence-corrected chi connectivity index (χ1v) is 8.99. The van der Waals surface area contributed by atoms with E-state index in [1.54, 1.807) is 12.1 Å². The molecule has 2 atom stereocenters. The molecule has 5 heteroatoms. The molecule has 1 saturated heterocycles. The lowest BCUT2D eigenvalue weighted by Crippen LogP contribution is -2.27. The number of sulfone groups is 1. The molecule has 1 aliphatic rings. The van der Waals surface area contributed by atoms with E-state index in [-0.39, 0.29) is 0 Å². The van der Waals surface area contributed by atoms with Crippen LogP contribution in [0.15, 0.2) is 29.2 Å². The lowest BCUT2D eigenvalue weighted by molar-refractivity contribution is 0.252. The molecule has 4 nitrogen and oxygen atoms in total. The molecule has 0 aromatic heterocycles. The zero-order valence-electron chi connectivity index (χ0n) is 12.5. The summed E-state index contributed by atoms with van der Waals surface area (Å²) < 4.78 is 22.9. The smallest absolute Gasteiger partial charge is 0.175 e. The van der Waals surface area contributed by atoms with Crippen molar-refractivity contribution in [1.82, 2.24) is 10.2 Å². The van der Waals surface area contributed by atoms with Crippen molar-refractivity contribution in [3.63, 3.8) is 0 Å². The summed E-state index contributed by atoms with van der Waals surface area (Å²) in [5.74, 6) is 0.720. The Morgan fingerprint density at radius 2 is 2.00 bits per heavy atom. The van der Waals surface area contributed by atoms with Crippen LogP contribution < -0.4 is 5.32 Å². The van der Waals surface area contributed by atoms with Crippen molar-refractivity contribution < 1.29 is 8.42 Å². The topological polar surface area (TPSA) is 49.4 Å². The van der Waals surface area contributed by atoms with Gasteiger partial charge >= 0.3 is 0 Å². The van der Waals surface area contributed by atoms with Crippen molar-refractivity contribution in [1.29, 1.82) is 0 Å². The Hall–Kier alpha value is -0.910. The largest absolute Gasteiger partial charge is 0.319 e. The number of likely N-dealkylation sites (tertiary alicyclic amines) is 1. The number of benzene rings is 1. The van der Waals surface area contributed by atoms with Gasteiger partial charge in [-0.1, -0.05) is 12.1 Å². The van der Waals surface area contributed by atoms with Gasteiger partial charge in [0.15, 0.2) is 9.84 Å². The average molecular weight is 296 g/mol. The van der Waals surface area contributed by atoms with Gasteiger partial charge < -0.3 is 5.32 Å². The first-order valence-electron chi connectivity index (χ1n) is 7.10. The number of hydrogen-bond donors (Lipinski definition) is 1. The molecule has 1 aliphatic heterocycles. The summed E-state index contributed by atoms with van der Waals surface area (Å²) in [6.07, 6.45) is 2.47. The second-order valence-corrected chi connectivity index (χ2v) is 7.74. The van der Waals surface area contributed by atoms with Crippen LogP contribution in [0.1, 0.15) is 24.9 Å². The molecule has 0 saturated carbocycles. The minimum absolute atomic E-state index is 0.338. The van der Waals surface area contributed by atoms with Crippen molar-refractivity contribution in [3.8, 4) is 0 Å². The van der Waals surface area contributed by atoms with Crippen LogP contribution in [0.3, 0.4) is 0 Å². The van der Waals surface area contributed by atoms with E-state index in [0.29, 0.717) is 10.9 Å². The Kier molecular flexibility index (Phi) is 4.83. The highest BCUT2D eigenvalue weighted by Gasteiger charge is 2.26. The molecule has 0 amide bonds. The van der Waals surface area contributed by atoms with Crippen LogP contribution in [0, 0.1) is 5.92 Å². The SMILES string of the molecule is CNCC1CCN(C(C)c2ccc(S(C)(=O)=O)cc2)C1. The van der Waals surface area contributed by atoms with Crippen molar-refractivity contribution in [2.75, 3.05) is 32.9 Å². The Morgan fingerprint density at radius 3 is 2.55 bits per heavy atom. The van der Waals surface area contributed by atoms with E-state index in [0.717, 1.165) is 25.6 Å². The lowest BCUT2D eigenvalue weighted by Gasteiger charge is -2.25. The van der Waals surface area contributed by atoms with Crippen molar-refractivity contribution in [2.45, 2.75) is 24.3 Å². The van der Waals surface area contributed by atoms with Gasteiger partial charge in [0.05, 0.1) is 4.90 Å². The Labute approximate surface area is 122 Å². The lowest BCUT2D eigenvalue weighted by atomic mass is 10.1. The fraction of sp³-hybridized carbons (Fsp3) is 0.600. The van der Waals surface area contributed by atoms with Crippen LogP contribution in [-0.2, 0) is 9.84 Å². The Morgan fingerprint density at radius 1 is 1.35 bits per heavy atom. The predicted octanol–water partition coefficient (Wildman–Crippen LogP) is 1.69. The fourth-order valence-corrected chi connectivity index (χ4v) is 3.50. The maximum absolute atomic E-state index is 11.5. The van der Waals surface area contributed by atoms with Crippen molar-refractivity contribution >= 4 is 9.84 Å². The number of rotatable bonds is 5. The summed E-state index contributed by atoms with van der Waals surface area (Å²) >= 11 is 0. The number of hydrogen-bond acceptors (Lipinski definition) is 4. The molecule has 2 rings (SSSR count). The molecule has 1 N–H and O–H groups in total. The predicted molar refractivity (Wildman–Crippen MR) is 81.6 cm³/mol. The van der Waals surface area contributed by atoms with E-state index in [1.807, 2.05) is 19.2 Å². The highest BCUT2D eigenvalue weighted by Crippen LogP contribution is 2.27. The van der Waals surface area contributed by atoms with E-state index in [4.69, 9.17) is 0 Å². The molecular weight excluding hydrogens is 272 g/mol. The van der Waals surface area contributed by atoms with E-state index in [1.165, 1.54) is 18.2 Å². The van der Waals surface area contributed by atoms with Gasteiger partial charge in [-0.05, 0) is 57.1 Å². The van der Waals surface area contributed by atoms with Crippen LogP contribution >= 0.6 is 0 Å². The molecule has 0 aliphatic carbocycles. The second kappa shape index (κ2) is 6.24. The maximum Gasteiger partial charge on any atom is 0.175 e.